The van der Waals surface area contributed by atoms with Crippen LogP contribution in [0.2, 0.25) is 0 Å². The normalized spacial score (nSPS) is 17.4. The molecule has 0 saturated heterocycles. The monoisotopic (exact) mass is 246 g/mol. The summed E-state index contributed by atoms with van der Waals surface area (Å²) in [6, 6.07) is 0. The summed E-state index contributed by atoms with van der Waals surface area (Å²) in [7, 11) is 0. The fourth-order valence-corrected chi connectivity index (χ4v) is 2.29. The maximum Gasteiger partial charge on any atom is 0.226 e. The maximum absolute atomic E-state index is 4.54. The Balaban J connectivity index is 1.99. The summed E-state index contributed by atoms with van der Waals surface area (Å²) >= 11 is 0. The molecule has 0 amide bonds. The van der Waals surface area contributed by atoms with Gasteiger partial charge in [0.15, 0.2) is 5.65 Å². The van der Waals surface area contributed by atoms with Crippen LogP contribution in [0.1, 0.15) is 33.1 Å². The van der Waals surface area contributed by atoms with Crippen LogP contribution in [0.3, 0.4) is 0 Å². The molecule has 3 N–H and O–H groups in total. The number of nitrogens with one attached hydrogen (secondary N) is 3. The predicted molar refractivity (Wildman–Crippen MR) is 71.7 cm³/mol. The van der Waals surface area contributed by atoms with E-state index in [1.165, 1.54) is 19.3 Å². The lowest BCUT2D eigenvalue weighted by Crippen LogP contribution is -2.42. The molecule has 6 heteroatoms. The number of hydrogen-bond acceptors (Lipinski definition) is 5. The van der Waals surface area contributed by atoms with Crippen LogP contribution in [0.15, 0.2) is 6.20 Å². The molecule has 0 aromatic carbocycles. The van der Waals surface area contributed by atoms with Crippen LogP contribution in [-0.4, -0.2) is 32.2 Å². The van der Waals surface area contributed by atoms with Crippen molar-refractivity contribution in [3.05, 3.63) is 6.20 Å². The second-order valence-electron chi connectivity index (χ2n) is 5.10. The van der Waals surface area contributed by atoms with Crippen LogP contribution in [0, 0.1) is 0 Å². The van der Waals surface area contributed by atoms with Crippen molar-refractivity contribution in [1.82, 2.24) is 20.2 Å². The molecule has 0 aliphatic heterocycles. The summed E-state index contributed by atoms with van der Waals surface area (Å²) in [4.78, 5) is 8.92. The van der Waals surface area contributed by atoms with Gasteiger partial charge >= 0.3 is 0 Å². The number of fused-ring (bicyclic) bond motifs is 1. The Bertz CT molecular complexity index is 557. The number of aromatic amines is 1. The fraction of sp³-hybridized carbons (Fsp3) is 0.583. The van der Waals surface area contributed by atoms with Crippen molar-refractivity contribution in [2.75, 3.05) is 17.2 Å². The van der Waals surface area contributed by atoms with Crippen molar-refractivity contribution < 1.29 is 0 Å². The molecule has 1 aliphatic carbocycles. The van der Waals surface area contributed by atoms with Gasteiger partial charge < -0.3 is 10.6 Å². The zero-order valence-electron chi connectivity index (χ0n) is 10.7. The number of rotatable bonds is 4. The van der Waals surface area contributed by atoms with Gasteiger partial charge in [0.05, 0.1) is 11.6 Å². The molecular formula is C12H18N6. The van der Waals surface area contributed by atoms with E-state index in [0.717, 1.165) is 23.4 Å². The summed E-state index contributed by atoms with van der Waals surface area (Å²) in [5, 5.41) is 14.6. The van der Waals surface area contributed by atoms with Crippen molar-refractivity contribution in [3.63, 3.8) is 0 Å². The van der Waals surface area contributed by atoms with Gasteiger partial charge in [-0.3, -0.25) is 5.10 Å². The van der Waals surface area contributed by atoms with Gasteiger partial charge in [-0.25, -0.2) is 0 Å². The Morgan fingerprint density at radius 2 is 2.22 bits per heavy atom. The van der Waals surface area contributed by atoms with Gasteiger partial charge in [-0.15, -0.1) is 0 Å². The third-order valence-electron chi connectivity index (χ3n) is 3.52. The van der Waals surface area contributed by atoms with E-state index in [-0.39, 0.29) is 5.54 Å². The molecule has 1 fully saturated rings. The Labute approximate surface area is 106 Å². The lowest BCUT2D eigenvalue weighted by molar-refractivity contribution is 0.306. The van der Waals surface area contributed by atoms with E-state index in [1.807, 2.05) is 6.92 Å². The quantitative estimate of drug-likeness (QED) is 0.770. The van der Waals surface area contributed by atoms with E-state index < -0.39 is 0 Å². The molecule has 0 bridgehead atoms. The average molecular weight is 246 g/mol. The van der Waals surface area contributed by atoms with E-state index in [0.29, 0.717) is 5.95 Å². The molecule has 96 valence electrons. The summed E-state index contributed by atoms with van der Waals surface area (Å²) in [6.07, 6.45) is 5.43. The molecule has 1 aliphatic rings. The Morgan fingerprint density at radius 1 is 1.39 bits per heavy atom. The first-order chi connectivity index (χ1) is 8.70. The Kier molecular flexibility index (Phi) is 2.57. The highest BCUT2D eigenvalue weighted by Crippen LogP contribution is 2.35. The second kappa shape index (κ2) is 4.12. The first kappa shape index (κ1) is 11.3. The van der Waals surface area contributed by atoms with Gasteiger partial charge in [-0.2, -0.15) is 15.1 Å². The zero-order valence-corrected chi connectivity index (χ0v) is 10.7. The van der Waals surface area contributed by atoms with Crippen molar-refractivity contribution in [3.8, 4) is 0 Å². The smallest absolute Gasteiger partial charge is 0.226 e. The van der Waals surface area contributed by atoms with Crippen LogP contribution >= 0.6 is 0 Å². The molecule has 2 aromatic rings. The molecule has 0 unspecified atom stereocenters. The third-order valence-corrected chi connectivity index (χ3v) is 3.52. The van der Waals surface area contributed by atoms with Crippen molar-refractivity contribution in [1.29, 1.82) is 0 Å². The summed E-state index contributed by atoms with van der Waals surface area (Å²) in [5.74, 6) is 1.51. The van der Waals surface area contributed by atoms with Crippen LogP contribution in [0.25, 0.3) is 11.0 Å². The van der Waals surface area contributed by atoms with Gasteiger partial charge in [0, 0.05) is 12.1 Å². The SMILES string of the molecule is CCNc1nc(NC2(C)CCC2)c2cn[nH]c2n1. The average Bonchev–Trinajstić information content (AvgIpc) is 2.75. The minimum atomic E-state index is 0.169. The molecule has 2 aromatic heterocycles. The van der Waals surface area contributed by atoms with Crippen molar-refractivity contribution in [2.24, 2.45) is 0 Å². The molecule has 6 nitrogen and oxygen atoms in total. The van der Waals surface area contributed by atoms with E-state index >= 15 is 0 Å². The second-order valence-corrected chi connectivity index (χ2v) is 5.10. The lowest BCUT2D eigenvalue weighted by atomic mass is 9.78. The first-order valence-electron chi connectivity index (χ1n) is 6.43. The molecule has 1 saturated carbocycles. The predicted octanol–water partition coefficient (Wildman–Crippen LogP) is 2.14. The van der Waals surface area contributed by atoms with Crippen LogP contribution in [0.5, 0.6) is 0 Å². The summed E-state index contributed by atoms with van der Waals surface area (Å²) in [6.45, 7) is 5.06. The van der Waals surface area contributed by atoms with E-state index in [2.05, 4.69) is 37.7 Å². The van der Waals surface area contributed by atoms with E-state index in [9.17, 15) is 0 Å². The molecular weight excluding hydrogens is 228 g/mol. The topological polar surface area (TPSA) is 78.5 Å². The van der Waals surface area contributed by atoms with Crippen LogP contribution in [-0.2, 0) is 0 Å². The minimum absolute atomic E-state index is 0.169. The van der Waals surface area contributed by atoms with Gasteiger partial charge in [-0.1, -0.05) is 0 Å². The standard InChI is InChI=1S/C12H18N6/c1-3-13-11-15-9(17-12(2)5-4-6-12)8-7-14-18-10(8)16-11/h7H,3-6H2,1-2H3,(H3,13,14,15,16,17,18). The van der Waals surface area contributed by atoms with Crippen molar-refractivity contribution >= 4 is 22.8 Å². The van der Waals surface area contributed by atoms with Gasteiger partial charge in [0.2, 0.25) is 5.95 Å². The molecule has 0 radical (unpaired) electrons. The van der Waals surface area contributed by atoms with Gasteiger partial charge in [-0.05, 0) is 33.1 Å². The minimum Gasteiger partial charge on any atom is -0.364 e. The van der Waals surface area contributed by atoms with Gasteiger partial charge in [0.25, 0.3) is 0 Å². The van der Waals surface area contributed by atoms with Crippen LogP contribution < -0.4 is 10.6 Å². The molecule has 2 heterocycles. The molecule has 3 rings (SSSR count). The third kappa shape index (κ3) is 1.87. The number of hydrogen-bond donors (Lipinski definition) is 3. The van der Waals surface area contributed by atoms with E-state index in [1.54, 1.807) is 6.20 Å². The fourth-order valence-electron chi connectivity index (χ4n) is 2.29. The van der Waals surface area contributed by atoms with E-state index in [4.69, 9.17) is 0 Å². The molecule has 0 atom stereocenters. The largest absolute Gasteiger partial charge is 0.364 e. The number of aromatic nitrogens is 4. The number of H-pyrrole nitrogens is 1. The lowest BCUT2D eigenvalue weighted by Gasteiger charge is -2.39. The molecule has 0 spiro atoms. The Hall–Kier alpha value is -1.85. The zero-order chi connectivity index (χ0) is 12.6. The number of nitrogens with zero attached hydrogens (tertiary/aromatic N) is 3. The Morgan fingerprint density at radius 3 is 2.89 bits per heavy atom. The molecule has 18 heavy (non-hydrogen) atoms. The number of anilines is 2. The van der Waals surface area contributed by atoms with Gasteiger partial charge in [0.1, 0.15) is 5.82 Å². The highest BCUT2D eigenvalue weighted by molar-refractivity contribution is 5.87. The highest BCUT2D eigenvalue weighted by atomic mass is 15.2. The summed E-state index contributed by atoms with van der Waals surface area (Å²) in [5.41, 5.74) is 0.938. The summed E-state index contributed by atoms with van der Waals surface area (Å²) < 4.78 is 0. The van der Waals surface area contributed by atoms with Crippen LogP contribution in [0.4, 0.5) is 11.8 Å². The first-order valence-corrected chi connectivity index (χ1v) is 6.43. The van der Waals surface area contributed by atoms with Crippen molar-refractivity contribution in [2.45, 2.75) is 38.6 Å². The highest BCUT2D eigenvalue weighted by Gasteiger charge is 2.32. The maximum atomic E-state index is 4.54.